The minimum absolute atomic E-state index is 0.0535. The summed E-state index contributed by atoms with van der Waals surface area (Å²) < 4.78 is 52.5. The van der Waals surface area contributed by atoms with Gasteiger partial charge in [-0.3, -0.25) is 19.4 Å². The Hall–Kier alpha value is -4.28. The molecular formula is C38H49ClF3N7O6. The number of nitrogens with one attached hydrogen (secondary N) is 1. The van der Waals surface area contributed by atoms with Crippen LogP contribution in [-0.2, 0) is 38.1 Å². The predicted octanol–water partition coefficient (Wildman–Crippen LogP) is 4.72. The molecule has 4 aliphatic heterocycles. The van der Waals surface area contributed by atoms with Crippen LogP contribution in [0.2, 0.25) is 5.02 Å². The third-order valence-corrected chi connectivity index (χ3v) is 11.4. The minimum atomic E-state index is -4.79. The molecule has 0 aromatic heterocycles. The molecule has 0 aliphatic carbocycles. The number of nitrogens with zero attached hydrogens (tertiary/aromatic N) is 5. The molecule has 300 valence electrons. The van der Waals surface area contributed by atoms with Crippen molar-refractivity contribution in [2.75, 3.05) is 83.1 Å². The molecule has 0 bridgehead atoms. The second-order valence-corrected chi connectivity index (χ2v) is 14.9. The lowest BCUT2D eigenvalue weighted by atomic mass is 10.0. The van der Waals surface area contributed by atoms with Gasteiger partial charge in [0.2, 0.25) is 0 Å². The smallest absolute Gasteiger partial charge is 0.418 e. The number of esters is 1. The van der Waals surface area contributed by atoms with Crippen LogP contribution >= 0.6 is 11.6 Å². The van der Waals surface area contributed by atoms with Gasteiger partial charge >= 0.3 is 24.3 Å². The normalized spacial score (nSPS) is 20.0. The summed E-state index contributed by atoms with van der Waals surface area (Å²) in [5.74, 6) is -0.744. The number of halogens is 4. The van der Waals surface area contributed by atoms with Crippen LogP contribution in [0.3, 0.4) is 0 Å². The van der Waals surface area contributed by atoms with E-state index in [0.29, 0.717) is 58.6 Å². The molecule has 6 rings (SSSR count). The van der Waals surface area contributed by atoms with E-state index in [1.54, 1.807) is 16.7 Å². The van der Waals surface area contributed by atoms with Gasteiger partial charge < -0.3 is 35.2 Å². The van der Waals surface area contributed by atoms with Gasteiger partial charge in [-0.1, -0.05) is 29.8 Å². The Labute approximate surface area is 323 Å². The van der Waals surface area contributed by atoms with E-state index in [-0.39, 0.29) is 60.7 Å². The number of piperazine rings is 1. The van der Waals surface area contributed by atoms with Crippen LogP contribution in [0.4, 0.5) is 34.1 Å². The average Bonchev–Trinajstić information content (AvgIpc) is 3.33. The number of rotatable bonds is 9. The maximum absolute atomic E-state index is 14.1. The Kier molecular flexibility index (Phi) is 13.0. The van der Waals surface area contributed by atoms with Gasteiger partial charge in [-0.15, -0.1) is 0 Å². The standard InChI is InChI=1S/C38H49ClF3N7O6/c1-2-54-33(50)24-45-12-8-27(9-13-45)46-17-19-47(20-18-46)35(51)32(23-25-21-29(38(40,41)42)34(43)30(39)22-25)55-37(53)48-14-10-28(11-15-48)49-16-7-26-5-3-4-6-31(26)44-36(49)52/h3-6,21-22,27-28,32H,2,7-20,23-24,43H2,1H3,(H,44,52). The van der Waals surface area contributed by atoms with Gasteiger partial charge in [-0.05, 0) is 68.4 Å². The zero-order valence-corrected chi connectivity index (χ0v) is 31.7. The third kappa shape index (κ3) is 9.94. The Morgan fingerprint density at radius 3 is 2.27 bits per heavy atom. The van der Waals surface area contributed by atoms with E-state index in [1.165, 1.54) is 11.0 Å². The predicted molar refractivity (Wildman–Crippen MR) is 200 cm³/mol. The maximum atomic E-state index is 14.1. The number of piperidine rings is 2. The van der Waals surface area contributed by atoms with E-state index in [2.05, 4.69) is 15.1 Å². The first-order valence-corrected chi connectivity index (χ1v) is 19.4. The summed E-state index contributed by atoms with van der Waals surface area (Å²) in [5.41, 5.74) is 5.81. The first kappa shape index (κ1) is 40.4. The number of amides is 4. The summed E-state index contributed by atoms with van der Waals surface area (Å²) in [6.45, 7) is 6.79. The van der Waals surface area contributed by atoms with Gasteiger partial charge in [0.05, 0.1) is 29.4 Å². The number of ether oxygens (including phenoxy) is 2. The maximum Gasteiger partial charge on any atom is 0.418 e. The largest absolute Gasteiger partial charge is 0.465 e. The number of para-hydroxylation sites is 1. The number of nitrogen functional groups attached to an aromatic ring is 1. The Bertz CT molecular complexity index is 1710. The number of carbonyl (C=O) groups is 4. The average molecular weight is 792 g/mol. The van der Waals surface area contributed by atoms with Crippen LogP contribution in [0, 0.1) is 0 Å². The monoisotopic (exact) mass is 791 g/mol. The van der Waals surface area contributed by atoms with Crippen LogP contribution < -0.4 is 11.1 Å². The van der Waals surface area contributed by atoms with Crippen molar-refractivity contribution in [3.05, 3.63) is 58.1 Å². The van der Waals surface area contributed by atoms with E-state index in [1.807, 2.05) is 24.3 Å². The number of alkyl halides is 3. The van der Waals surface area contributed by atoms with E-state index in [4.69, 9.17) is 26.8 Å². The number of nitrogens with two attached hydrogens (primary N) is 1. The van der Waals surface area contributed by atoms with Crippen molar-refractivity contribution in [2.24, 2.45) is 0 Å². The molecule has 3 fully saturated rings. The summed E-state index contributed by atoms with van der Waals surface area (Å²) in [6, 6.07) is 9.74. The fraction of sp³-hybridized carbons (Fsp3) is 0.579. The number of fused-ring (bicyclic) bond motifs is 1. The zero-order valence-electron chi connectivity index (χ0n) is 31.0. The van der Waals surface area contributed by atoms with Crippen molar-refractivity contribution >= 4 is 47.0 Å². The number of hydrogen-bond acceptors (Lipinski definition) is 9. The highest BCUT2D eigenvalue weighted by molar-refractivity contribution is 6.33. The van der Waals surface area contributed by atoms with E-state index < -0.39 is 35.5 Å². The SMILES string of the molecule is CCOC(=O)CN1CCC(N2CCN(C(=O)C(Cc3cc(Cl)c(N)c(C(F)(F)F)c3)OC(=O)N3CCC(N4CCc5ccccc5NC4=O)CC3)CC2)CC1. The summed E-state index contributed by atoms with van der Waals surface area (Å²) in [4.78, 5) is 62.0. The third-order valence-electron chi connectivity index (χ3n) is 11.1. The molecule has 0 radical (unpaired) electrons. The fourth-order valence-corrected chi connectivity index (χ4v) is 8.30. The van der Waals surface area contributed by atoms with Crippen LogP contribution in [0.5, 0.6) is 0 Å². The lowest BCUT2D eigenvalue weighted by Gasteiger charge is -2.43. The Morgan fingerprint density at radius 1 is 0.927 bits per heavy atom. The van der Waals surface area contributed by atoms with Gasteiger partial charge in [0.15, 0.2) is 6.10 Å². The molecule has 2 aromatic carbocycles. The van der Waals surface area contributed by atoms with E-state index >= 15 is 0 Å². The van der Waals surface area contributed by atoms with Crippen LogP contribution in [-0.4, -0.2) is 139 Å². The highest BCUT2D eigenvalue weighted by Gasteiger charge is 2.38. The molecule has 3 saturated heterocycles. The second kappa shape index (κ2) is 17.7. The van der Waals surface area contributed by atoms with Crippen molar-refractivity contribution in [2.45, 2.75) is 69.8 Å². The van der Waals surface area contributed by atoms with Crippen molar-refractivity contribution in [3.63, 3.8) is 0 Å². The molecule has 2 aromatic rings. The molecule has 4 heterocycles. The van der Waals surface area contributed by atoms with Gasteiger partial charge in [0, 0.05) is 83.1 Å². The summed E-state index contributed by atoms with van der Waals surface area (Å²) in [7, 11) is 0. The number of hydrogen-bond donors (Lipinski definition) is 2. The lowest BCUT2D eigenvalue weighted by Crippen LogP contribution is -2.57. The van der Waals surface area contributed by atoms with Gasteiger partial charge in [-0.25, -0.2) is 9.59 Å². The van der Waals surface area contributed by atoms with Crippen molar-refractivity contribution in [3.8, 4) is 0 Å². The highest BCUT2D eigenvalue weighted by atomic mass is 35.5. The number of anilines is 2. The first-order chi connectivity index (χ1) is 26.3. The van der Waals surface area contributed by atoms with Gasteiger partial charge in [0.25, 0.3) is 5.91 Å². The van der Waals surface area contributed by atoms with Gasteiger partial charge in [-0.2, -0.15) is 13.2 Å². The summed E-state index contributed by atoms with van der Waals surface area (Å²) >= 11 is 6.13. The second-order valence-electron chi connectivity index (χ2n) is 14.5. The summed E-state index contributed by atoms with van der Waals surface area (Å²) in [6.07, 6.45) is -3.90. The zero-order chi connectivity index (χ0) is 39.3. The van der Waals surface area contributed by atoms with Crippen LogP contribution in [0.15, 0.2) is 36.4 Å². The molecule has 1 atom stereocenters. The Morgan fingerprint density at radius 2 is 1.60 bits per heavy atom. The molecule has 4 aliphatic rings. The first-order valence-electron chi connectivity index (χ1n) is 19.0. The molecule has 13 nitrogen and oxygen atoms in total. The lowest BCUT2D eigenvalue weighted by molar-refractivity contribution is -0.145. The molecular weight excluding hydrogens is 743 g/mol. The number of benzene rings is 2. The molecule has 17 heteroatoms. The molecule has 55 heavy (non-hydrogen) atoms. The van der Waals surface area contributed by atoms with Crippen LogP contribution in [0.1, 0.15) is 49.3 Å². The van der Waals surface area contributed by atoms with Crippen LogP contribution in [0.25, 0.3) is 0 Å². The molecule has 4 amide bonds. The van der Waals surface area contributed by atoms with Gasteiger partial charge in [0.1, 0.15) is 0 Å². The molecule has 3 N–H and O–H groups in total. The minimum Gasteiger partial charge on any atom is -0.465 e. The van der Waals surface area contributed by atoms with Crippen molar-refractivity contribution in [1.82, 2.24) is 24.5 Å². The summed E-state index contributed by atoms with van der Waals surface area (Å²) in [5, 5.41) is 2.67. The number of urea groups is 1. The quantitative estimate of drug-likeness (QED) is 0.273. The van der Waals surface area contributed by atoms with Crippen molar-refractivity contribution in [1.29, 1.82) is 0 Å². The number of carbonyl (C=O) groups excluding carboxylic acids is 4. The van der Waals surface area contributed by atoms with E-state index in [9.17, 15) is 32.3 Å². The topological polar surface area (TPSA) is 141 Å². The molecule has 0 spiro atoms. The van der Waals surface area contributed by atoms with Crippen molar-refractivity contribution < 1.29 is 41.8 Å². The van der Waals surface area contributed by atoms with E-state index in [0.717, 1.165) is 43.2 Å². The molecule has 1 unspecified atom stereocenters. The fourth-order valence-electron chi connectivity index (χ4n) is 8.06. The number of likely N-dealkylation sites (tertiary alicyclic amines) is 2. The highest BCUT2D eigenvalue weighted by Crippen LogP contribution is 2.38. The molecule has 0 saturated carbocycles. The Balaban J connectivity index is 1.09.